The average molecular weight is 801 g/mol. The van der Waals surface area contributed by atoms with Gasteiger partial charge in [-0.2, -0.15) is 12.6 Å². The highest BCUT2D eigenvalue weighted by molar-refractivity contribution is 8.12. The van der Waals surface area contributed by atoms with E-state index in [0.29, 0.717) is 23.7 Å². The minimum atomic E-state index is -0.345. The van der Waals surface area contributed by atoms with Crippen molar-refractivity contribution in [3.8, 4) is 0 Å². The van der Waals surface area contributed by atoms with Gasteiger partial charge in [-0.3, -0.25) is 24.0 Å². The first-order valence-electron chi connectivity index (χ1n) is 19.4. The Hall–Kier alpha value is -1.46. The van der Waals surface area contributed by atoms with E-state index in [4.69, 9.17) is 14.2 Å². The summed E-state index contributed by atoms with van der Waals surface area (Å²) in [6, 6.07) is 0. The zero-order valence-corrected chi connectivity index (χ0v) is 37.6. The Balaban J connectivity index is 0.000000349. The van der Waals surface area contributed by atoms with E-state index >= 15 is 0 Å². The normalized spacial score (nSPS) is 29.6. The lowest BCUT2D eigenvalue weighted by Gasteiger charge is -2.26. The number of carbonyl (C=O) groups excluding carboxylic acids is 5. The first-order valence-corrected chi connectivity index (χ1v) is 22.0. The van der Waals surface area contributed by atoms with Crippen LogP contribution in [0.4, 0.5) is 0 Å². The van der Waals surface area contributed by atoms with Crippen molar-refractivity contribution >= 4 is 65.2 Å². The van der Waals surface area contributed by atoms with Crippen LogP contribution in [0.3, 0.4) is 0 Å². The summed E-state index contributed by atoms with van der Waals surface area (Å²) in [6.07, 6.45) is 19.9. The van der Waals surface area contributed by atoms with Crippen LogP contribution in [0.5, 0.6) is 0 Å². The summed E-state index contributed by atoms with van der Waals surface area (Å²) in [7, 11) is 0. The molecule has 6 aliphatic carbocycles. The second-order valence-electron chi connectivity index (χ2n) is 18.3. The van der Waals surface area contributed by atoms with Crippen LogP contribution in [0.1, 0.15) is 140 Å². The van der Waals surface area contributed by atoms with Gasteiger partial charge >= 0.3 is 17.9 Å². The molecule has 53 heavy (non-hydrogen) atoms. The number of thioether (sulfide) groups is 1. The summed E-state index contributed by atoms with van der Waals surface area (Å²) < 4.78 is 16.3. The Labute approximate surface area is 337 Å². The molecule has 0 aromatic heterocycles. The second kappa shape index (κ2) is 22.3. The van der Waals surface area contributed by atoms with E-state index in [1.165, 1.54) is 57.2 Å². The van der Waals surface area contributed by atoms with Crippen LogP contribution in [0, 0.1) is 53.3 Å². The summed E-state index contributed by atoms with van der Waals surface area (Å²) in [5, 5.41) is 0.0324. The molecular formula is C42H72O8S3. The van der Waals surface area contributed by atoms with E-state index in [-0.39, 0.29) is 62.7 Å². The zero-order chi connectivity index (χ0) is 40.9. The third-order valence-corrected chi connectivity index (χ3v) is 10.7. The van der Waals surface area contributed by atoms with Crippen molar-refractivity contribution in [3.05, 3.63) is 12.2 Å². The van der Waals surface area contributed by atoms with Gasteiger partial charge in [0.05, 0.1) is 17.8 Å². The lowest BCUT2D eigenvalue weighted by Crippen LogP contribution is -2.31. The summed E-state index contributed by atoms with van der Waals surface area (Å²) in [6.45, 7) is 20.4. The highest BCUT2D eigenvalue weighted by Crippen LogP contribution is 2.50. The number of thiol groups is 2. The van der Waals surface area contributed by atoms with Gasteiger partial charge in [0.1, 0.15) is 16.8 Å². The van der Waals surface area contributed by atoms with Gasteiger partial charge in [-0.1, -0.05) is 36.8 Å². The topological polar surface area (TPSA) is 113 Å². The van der Waals surface area contributed by atoms with Crippen LogP contribution in [0.15, 0.2) is 12.2 Å². The van der Waals surface area contributed by atoms with Gasteiger partial charge in [0.25, 0.3) is 0 Å². The smallest absolute Gasteiger partial charge is 0.310 e. The summed E-state index contributed by atoms with van der Waals surface area (Å²) in [4.78, 5) is 54.5. The molecule has 306 valence electrons. The molecule has 0 spiro atoms. The average Bonchev–Trinajstić information content (AvgIpc) is 3.88. The Kier molecular flexibility index (Phi) is 20.9. The molecule has 9 atom stereocenters. The number of ether oxygens (including phenoxy) is 3. The highest BCUT2D eigenvalue weighted by atomic mass is 32.2. The van der Waals surface area contributed by atoms with Gasteiger partial charge in [0, 0.05) is 13.8 Å². The number of carbonyl (C=O) groups is 5. The van der Waals surface area contributed by atoms with E-state index < -0.39 is 0 Å². The van der Waals surface area contributed by atoms with Gasteiger partial charge in [-0.05, 0) is 162 Å². The monoisotopic (exact) mass is 800 g/mol. The lowest BCUT2D eigenvalue weighted by molar-refractivity contribution is -0.163. The van der Waals surface area contributed by atoms with E-state index in [9.17, 15) is 24.0 Å². The molecule has 6 rings (SSSR count). The van der Waals surface area contributed by atoms with Gasteiger partial charge < -0.3 is 14.2 Å². The third kappa shape index (κ3) is 19.3. The van der Waals surface area contributed by atoms with Crippen LogP contribution >= 0.6 is 37.0 Å². The molecule has 6 aliphatic rings. The standard InChI is InChI=1S/2C12H20O2.C12H18O2.C3H6OS.C2H4OS.CH4S/c3*1-12(2,3)14-11(13)10-7-8-4-5-9(10)6-8;1-3(4)5-2;1-2(3)4;1-2/h2*8-10H,4-7H2,1-3H3;4-5,8-10H,6-7H2,1-3H3;1-2H3;1H3,(H,3,4);2H,1H3. The molecule has 5 saturated carbocycles. The Bertz CT molecular complexity index is 1170. The lowest BCUT2D eigenvalue weighted by atomic mass is 9.89. The molecule has 0 heterocycles. The molecule has 0 aliphatic heterocycles. The summed E-state index contributed by atoms with van der Waals surface area (Å²) in [5.41, 5.74) is -0.986. The second-order valence-corrected chi connectivity index (χ2v) is 19.9. The maximum atomic E-state index is 11.8. The molecular weight excluding hydrogens is 729 g/mol. The predicted octanol–water partition coefficient (Wildman–Crippen LogP) is 9.97. The first-order chi connectivity index (χ1) is 24.4. The molecule has 0 saturated heterocycles. The number of fused-ring (bicyclic) bond motifs is 6. The van der Waals surface area contributed by atoms with Crippen LogP contribution < -0.4 is 0 Å². The fourth-order valence-corrected chi connectivity index (χ4v) is 8.25. The number of rotatable bonds is 3. The van der Waals surface area contributed by atoms with Crippen molar-refractivity contribution in [1.29, 1.82) is 0 Å². The van der Waals surface area contributed by atoms with Crippen molar-refractivity contribution in [2.45, 2.75) is 157 Å². The molecule has 0 aromatic rings. The fourth-order valence-electron chi connectivity index (χ4n) is 8.25. The maximum Gasteiger partial charge on any atom is 0.310 e. The van der Waals surface area contributed by atoms with Crippen molar-refractivity contribution < 1.29 is 38.2 Å². The van der Waals surface area contributed by atoms with Crippen LogP contribution in [-0.4, -0.2) is 57.5 Å². The van der Waals surface area contributed by atoms with Crippen molar-refractivity contribution in [3.63, 3.8) is 0 Å². The molecule has 9 unspecified atom stereocenters. The maximum absolute atomic E-state index is 11.8. The number of esters is 3. The van der Waals surface area contributed by atoms with E-state index in [1.54, 1.807) is 19.4 Å². The largest absolute Gasteiger partial charge is 0.460 e. The molecule has 8 nitrogen and oxygen atoms in total. The SMILES string of the molecule is CC(=O)S.CC(C)(C)OC(=O)C1CC2C=CC1C2.CC(C)(C)OC(=O)C1CC2CCC1C2.CC(C)(C)OC(=O)C1CC2CCC1C2.CS.CSC(C)=O. The van der Waals surface area contributed by atoms with E-state index in [1.807, 2.05) is 62.3 Å². The molecule has 0 radical (unpaired) electrons. The Morgan fingerprint density at radius 2 is 0.906 bits per heavy atom. The van der Waals surface area contributed by atoms with Gasteiger partial charge in [0.15, 0.2) is 10.2 Å². The van der Waals surface area contributed by atoms with Crippen molar-refractivity contribution in [2.24, 2.45) is 53.3 Å². The minimum absolute atomic E-state index is 0.00523. The Morgan fingerprint density at radius 3 is 1.11 bits per heavy atom. The Morgan fingerprint density at radius 1 is 0.566 bits per heavy atom. The third-order valence-electron chi connectivity index (χ3n) is 10.2. The molecule has 0 N–H and O–H groups in total. The molecule has 11 heteroatoms. The van der Waals surface area contributed by atoms with E-state index in [2.05, 4.69) is 37.4 Å². The quantitative estimate of drug-likeness (QED) is 0.125. The fraction of sp³-hybridized carbons (Fsp3) is 0.833. The molecule has 6 bridgehead atoms. The van der Waals surface area contributed by atoms with Gasteiger partial charge in [-0.25, -0.2) is 0 Å². The van der Waals surface area contributed by atoms with Crippen molar-refractivity contribution in [2.75, 3.05) is 12.5 Å². The van der Waals surface area contributed by atoms with Crippen LogP contribution in [-0.2, 0) is 38.2 Å². The molecule has 0 amide bonds. The zero-order valence-electron chi connectivity index (χ0n) is 35.0. The first kappa shape index (κ1) is 49.6. The predicted molar refractivity (Wildman–Crippen MR) is 223 cm³/mol. The summed E-state index contributed by atoms with van der Waals surface area (Å²) >= 11 is 8.10. The van der Waals surface area contributed by atoms with Crippen LogP contribution in [0.2, 0.25) is 0 Å². The van der Waals surface area contributed by atoms with E-state index in [0.717, 1.165) is 37.5 Å². The molecule has 0 aromatic carbocycles. The van der Waals surface area contributed by atoms with Crippen LogP contribution in [0.25, 0.3) is 0 Å². The number of hydrogen-bond acceptors (Lipinski definition) is 10. The highest BCUT2D eigenvalue weighted by Gasteiger charge is 2.46. The van der Waals surface area contributed by atoms with Gasteiger partial charge in [-0.15, -0.1) is 12.6 Å². The molecule has 5 fully saturated rings. The van der Waals surface area contributed by atoms with Crippen molar-refractivity contribution in [1.82, 2.24) is 0 Å². The number of allylic oxidation sites excluding steroid dienone is 2. The number of hydrogen-bond donors (Lipinski definition) is 2. The summed E-state index contributed by atoms with van der Waals surface area (Å²) in [5.74, 6) is 4.64. The minimum Gasteiger partial charge on any atom is -0.460 e. The van der Waals surface area contributed by atoms with Gasteiger partial charge in [0.2, 0.25) is 0 Å².